The summed E-state index contributed by atoms with van der Waals surface area (Å²) in [6.07, 6.45) is 3.87. The number of hydrogen-bond donors (Lipinski definition) is 2. The van der Waals surface area contributed by atoms with Crippen LogP contribution in [0, 0.1) is 0 Å². The number of carbonyl (C=O) groups excluding carboxylic acids is 1. The van der Waals surface area contributed by atoms with Crippen molar-refractivity contribution in [1.82, 2.24) is 10.6 Å². The van der Waals surface area contributed by atoms with Crippen molar-refractivity contribution in [1.29, 1.82) is 0 Å². The van der Waals surface area contributed by atoms with Gasteiger partial charge >= 0.3 is 0 Å². The van der Waals surface area contributed by atoms with Gasteiger partial charge in [0.15, 0.2) is 5.96 Å². The molecule has 1 amide bonds. The molecule has 0 aromatic rings. The number of hydrogen-bond acceptors (Lipinski definition) is 3. The maximum absolute atomic E-state index is 12.1. The fourth-order valence-electron chi connectivity index (χ4n) is 2.62. The highest BCUT2D eigenvalue weighted by Gasteiger charge is 2.52. The van der Waals surface area contributed by atoms with Crippen LogP contribution in [0.25, 0.3) is 0 Å². The molecule has 1 aliphatic carbocycles. The van der Waals surface area contributed by atoms with Crippen LogP contribution in [-0.4, -0.2) is 37.2 Å². The van der Waals surface area contributed by atoms with Crippen molar-refractivity contribution >= 4 is 11.9 Å². The third kappa shape index (κ3) is 1.69. The number of ether oxygens (including phenoxy) is 1. The van der Waals surface area contributed by atoms with E-state index in [1.165, 1.54) is 0 Å². The van der Waals surface area contributed by atoms with Gasteiger partial charge < -0.3 is 10.1 Å². The minimum absolute atomic E-state index is 0.00579. The Labute approximate surface area is 95.6 Å². The van der Waals surface area contributed by atoms with Gasteiger partial charge in [-0.05, 0) is 19.8 Å². The molecule has 90 valence electrons. The van der Waals surface area contributed by atoms with Crippen molar-refractivity contribution < 1.29 is 9.53 Å². The van der Waals surface area contributed by atoms with Crippen molar-refractivity contribution in [3.05, 3.63) is 0 Å². The average Bonchev–Trinajstić information content (AvgIpc) is 2.57. The zero-order valence-corrected chi connectivity index (χ0v) is 9.88. The van der Waals surface area contributed by atoms with E-state index in [1.807, 2.05) is 6.92 Å². The van der Waals surface area contributed by atoms with E-state index in [1.54, 1.807) is 7.11 Å². The van der Waals surface area contributed by atoms with Gasteiger partial charge in [0.2, 0.25) is 0 Å². The Hall–Kier alpha value is -1.10. The molecule has 0 aromatic carbocycles. The van der Waals surface area contributed by atoms with Crippen LogP contribution in [0.4, 0.5) is 0 Å². The number of carbonyl (C=O) groups is 1. The minimum atomic E-state index is -0.582. The van der Waals surface area contributed by atoms with E-state index in [9.17, 15) is 4.79 Å². The van der Waals surface area contributed by atoms with Gasteiger partial charge in [-0.15, -0.1) is 0 Å². The molecule has 1 aliphatic heterocycles. The molecule has 5 nitrogen and oxygen atoms in total. The topological polar surface area (TPSA) is 62.7 Å². The molecule has 2 N–H and O–H groups in total. The summed E-state index contributed by atoms with van der Waals surface area (Å²) in [5.41, 5.74) is -0.582. The van der Waals surface area contributed by atoms with Gasteiger partial charge in [-0.2, -0.15) is 0 Å². The van der Waals surface area contributed by atoms with E-state index in [-0.39, 0.29) is 12.0 Å². The second-order valence-electron chi connectivity index (χ2n) is 4.34. The first-order valence-corrected chi connectivity index (χ1v) is 5.90. The van der Waals surface area contributed by atoms with E-state index in [0.717, 1.165) is 25.7 Å². The quantitative estimate of drug-likeness (QED) is 0.715. The Morgan fingerprint density at radius 3 is 3.06 bits per heavy atom. The first-order chi connectivity index (χ1) is 7.73. The third-order valence-corrected chi connectivity index (χ3v) is 3.42. The molecule has 1 heterocycles. The molecule has 0 radical (unpaired) electrons. The van der Waals surface area contributed by atoms with Gasteiger partial charge in [-0.25, -0.2) is 0 Å². The Kier molecular flexibility index (Phi) is 3.14. The normalized spacial score (nSPS) is 36.5. The Balaban J connectivity index is 2.22. The summed E-state index contributed by atoms with van der Waals surface area (Å²) < 4.78 is 5.45. The number of nitrogens with zero attached hydrogens (tertiary/aromatic N) is 1. The highest BCUT2D eigenvalue weighted by Crippen LogP contribution is 2.32. The fourth-order valence-corrected chi connectivity index (χ4v) is 2.62. The zero-order valence-electron chi connectivity index (χ0n) is 9.88. The van der Waals surface area contributed by atoms with Crippen molar-refractivity contribution in [3.8, 4) is 0 Å². The number of guanidine groups is 1. The van der Waals surface area contributed by atoms with Crippen LogP contribution in [0.3, 0.4) is 0 Å². The second-order valence-corrected chi connectivity index (χ2v) is 4.34. The lowest BCUT2D eigenvalue weighted by molar-refractivity contribution is -0.131. The van der Waals surface area contributed by atoms with E-state index in [2.05, 4.69) is 15.6 Å². The lowest BCUT2D eigenvalue weighted by Crippen LogP contribution is -2.58. The molecular weight excluding hydrogens is 206 g/mol. The first kappa shape index (κ1) is 11.4. The summed E-state index contributed by atoms with van der Waals surface area (Å²) in [6.45, 7) is 2.61. The Bertz CT molecular complexity index is 316. The third-order valence-electron chi connectivity index (χ3n) is 3.42. The molecule has 2 atom stereocenters. The smallest absolute Gasteiger partial charge is 0.255 e. The van der Waals surface area contributed by atoms with E-state index in [4.69, 9.17) is 4.74 Å². The predicted molar refractivity (Wildman–Crippen MR) is 61.3 cm³/mol. The van der Waals surface area contributed by atoms with Gasteiger partial charge in [0.1, 0.15) is 5.54 Å². The molecule has 0 aromatic heterocycles. The van der Waals surface area contributed by atoms with Crippen LogP contribution in [0.15, 0.2) is 4.99 Å². The zero-order chi connectivity index (χ0) is 11.6. The summed E-state index contributed by atoms with van der Waals surface area (Å²) in [4.78, 5) is 16.3. The molecular formula is C11H19N3O2. The lowest BCUT2D eigenvalue weighted by Gasteiger charge is -2.37. The maximum Gasteiger partial charge on any atom is 0.255 e. The van der Waals surface area contributed by atoms with E-state index in [0.29, 0.717) is 12.5 Å². The molecule has 16 heavy (non-hydrogen) atoms. The van der Waals surface area contributed by atoms with Crippen molar-refractivity contribution in [2.75, 3.05) is 13.7 Å². The van der Waals surface area contributed by atoms with Crippen LogP contribution < -0.4 is 10.6 Å². The number of rotatable bonds is 2. The maximum atomic E-state index is 12.1. The van der Waals surface area contributed by atoms with Crippen LogP contribution in [-0.2, 0) is 9.53 Å². The number of aliphatic imine (C=N–C) groups is 1. The van der Waals surface area contributed by atoms with Crippen LogP contribution in [0.5, 0.6) is 0 Å². The predicted octanol–water partition coefficient (Wildman–Crippen LogP) is 0.409. The van der Waals surface area contributed by atoms with E-state index >= 15 is 0 Å². The number of nitrogens with one attached hydrogen (secondary N) is 2. The molecule has 0 bridgehead atoms. The highest BCUT2D eigenvalue weighted by molar-refractivity contribution is 6.09. The molecule has 5 heteroatoms. The van der Waals surface area contributed by atoms with Crippen molar-refractivity contribution in [3.63, 3.8) is 0 Å². The average molecular weight is 225 g/mol. The molecule has 2 aliphatic rings. The summed E-state index contributed by atoms with van der Waals surface area (Å²) in [7, 11) is 1.67. The lowest BCUT2D eigenvalue weighted by atomic mass is 9.79. The van der Waals surface area contributed by atoms with Gasteiger partial charge in [0.25, 0.3) is 5.91 Å². The minimum Gasteiger partial charge on any atom is -0.378 e. The molecule has 1 saturated carbocycles. The molecule has 1 spiro atoms. The highest BCUT2D eigenvalue weighted by atomic mass is 16.5. The van der Waals surface area contributed by atoms with Crippen LogP contribution >= 0.6 is 0 Å². The summed E-state index contributed by atoms with van der Waals surface area (Å²) in [5.74, 6) is 0.600. The standard InChI is InChI=1S/C11H19N3O2/c1-3-12-10-13-9(15)11(14-10)7-5-4-6-8(11)16-2/h8H,3-7H2,1-2H3,(H2,12,13,14,15). The largest absolute Gasteiger partial charge is 0.378 e. The summed E-state index contributed by atoms with van der Waals surface area (Å²) in [6, 6.07) is 0. The van der Waals surface area contributed by atoms with Crippen molar-refractivity contribution in [2.24, 2.45) is 4.99 Å². The Morgan fingerprint density at radius 1 is 1.56 bits per heavy atom. The summed E-state index contributed by atoms with van der Waals surface area (Å²) in [5, 5.41) is 6.02. The fraction of sp³-hybridized carbons (Fsp3) is 0.818. The van der Waals surface area contributed by atoms with Crippen LogP contribution in [0.2, 0.25) is 0 Å². The van der Waals surface area contributed by atoms with Crippen molar-refractivity contribution in [2.45, 2.75) is 44.2 Å². The van der Waals surface area contributed by atoms with Gasteiger partial charge in [0, 0.05) is 13.7 Å². The molecule has 2 unspecified atom stereocenters. The van der Waals surface area contributed by atoms with E-state index < -0.39 is 5.54 Å². The number of amides is 1. The summed E-state index contributed by atoms with van der Waals surface area (Å²) >= 11 is 0. The van der Waals surface area contributed by atoms with Gasteiger partial charge in [-0.1, -0.05) is 12.8 Å². The van der Waals surface area contributed by atoms with Gasteiger partial charge in [0.05, 0.1) is 6.10 Å². The van der Waals surface area contributed by atoms with Crippen LogP contribution in [0.1, 0.15) is 32.6 Å². The van der Waals surface area contributed by atoms with Gasteiger partial charge in [-0.3, -0.25) is 15.1 Å². The Morgan fingerprint density at radius 2 is 2.38 bits per heavy atom. The second kappa shape index (κ2) is 4.41. The molecule has 1 saturated heterocycles. The molecule has 2 rings (SSSR count). The molecule has 2 fully saturated rings. The number of methoxy groups -OCH3 is 1. The SMILES string of the molecule is CCN=C1NC(=O)C2(CCCCC2OC)N1. The first-order valence-electron chi connectivity index (χ1n) is 5.90. The monoisotopic (exact) mass is 225 g/mol.